The number of hydrogen-bond acceptors (Lipinski definition) is 3. The molecule has 0 fully saturated rings. The molecule has 1 heterocycles. The predicted octanol–water partition coefficient (Wildman–Crippen LogP) is 2.74. The van der Waals surface area contributed by atoms with E-state index >= 15 is 0 Å². The molecule has 2 aromatic rings. The van der Waals surface area contributed by atoms with Crippen molar-refractivity contribution in [3.8, 4) is 17.0 Å². The molecule has 0 radical (unpaired) electrons. The smallest absolute Gasteiger partial charge is 0.145 e. The molecule has 0 unspecified atom stereocenters. The second-order valence-electron chi connectivity index (χ2n) is 3.46. The zero-order valence-electron chi connectivity index (χ0n) is 9.04. The fourth-order valence-electron chi connectivity index (χ4n) is 1.63. The molecule has 4 nitrogen and oxygen atoms in total. The van der Waals surface area contributed by atoms with Crippen molar-refractivity contribution in [3.63, 3.8) is 0 Å². The van der Waals surface area contributed by atoms with Gasteiger partial charge in [-0.05, 0) is 24.6 Å². The van der Waals surface area contributed by atoms with Crippen LogP contribution in [0.3, 0.4) is 0 Å². The highest BCUT2D eigenvalue weighted by Gasteiger charge is 2.13. The Kier molecular flexibility index (Phi) is 2.87. The van der Waals surface area contributed by atoms with Crippen LogP contribution in [0.2, 0.25) is 0 Å². The average molecular weight is 282 g/mol. The third-order valence-corrected chi connectivity index (χ3v) is 3.31. The highest BCUT2D eigenvalue weighted by molar-refractivity contribution is 9.10. The van der Waals surface area contributed by atoms with E-state index in [1.165, 1.54) is 0 Å². The van der Waals surface area contributed by atoms with Gasteiger partial charge >= 0.3 is 0 Å². The first-order valence-electron chi connectivity index (χ1n) is 4.78. The molecule has 16 heavy (non-hydrogen) atoms. The van der Waals surface area contributed by atoms with Gasteiger partial charge in [-0.3, -0.25) is 5.10 Å². The number of anilines is 1. The Hall–Kier alpha value is -1.49. The topological polar surface area (TPSA) is 63.9 Å². The molecule has 1 aromatic heterocycles. The number of nitrogens with zero attached hydrogens (tertiary/aromatic N) is 1. The first-order chi connectivity index (χ1) is 7.63. The van der Waals surface area contributed by atoms with Crippen molar-refractivity contribution in [1.82, 2.24) is 10.2 Å². The monoisotopic (exact) mass is 281 g/mol. The van der Waals surface area contributed by atoms with Crippen LogP contribution in [0.5, 0.6) is 5.75 Å². The largest absolute Gasteiger partial charge is 0.496 e. The SMILES string of the molecule is COc1ccc(Br)c(C)c1-c1cc(N)n[nH]1. The summed E-state index contributed by atoms with van der Waals surface area (Å²) < 4.78 is 6.36. The van der Waals surface area contributed by atoms with Gasteiger partial charge in [-0.1, -0.05) is 15.9 Å². The Morgan fingerprint density at radius 2 is 2.19 bits per heavy atom. The van der Waals surface area contributed by atoms with Crippen LogP contribution in [-0.4, -0.2) is 17.3 Å². The van der Waals surface area contributed by atoms with E-state index in [0.717, 1.165) is 27.0 Å². The minimum atomic E-state index is 0.469. The summed E-state index contributed by atoms with van der Waals surface area (Å²) in [5.41, 5.74) is 8.51. The standard InChI is InChI=1S/C11H12BrN3O/c1-6-7(12)3-4-9(16-2)11(6)8-5-10(13)15-14-8/h3-5H,1-2H3,(H3,13,14,15). The van der Waals surface area contributed by atoms with E-state index < -0.39 is 0 Å². The van der Waals surface area contributed by atoms with E-state index in [1.807, 2.05) is 19.1 Å². The summed E-state index contributed by atoms with van der Waals surface area (Å²) in [6.45, 7) is 2.01. The summed E-state index contributed by atoms with van der Waals surface area (Å²) in [6, 6.07) is 5.65. The van der Waals surface area contributed by atoms with Crippen LogP contribution in [-0.2, 0) is 0 Å². The lowest BCUT2D eigenvalue weighted by Gasteiger charge is -2.11. The molecule has 84 valence electrons. The first kappa shape index (κ1) is 11.0. The van der Waals surface area contributed by atoms with Gasteiger partial charge in [0, 0.05) is 16.1 Å². The number of ether oxygens (including phenoxy) is 1. The summed E-state index contributed by atoms with van der Waals surface area (Å²) in [4.78, 5) is 0. The van der Waals surface area contributed by atoms with E-state index in [1.54, 1.807) is 13.2 Å². The van der Waals surface area contributed by atoms with Crippen LogP contribution in [0.1, 0.15) is 5.56 Å². The number of nitrogens with one attached hydrogen (secondary N) is 1. The lowest BCUT2D eigenvalue weighted by molar-refractivity contribution is 0.416. The average Bonchev–Trinajstić information content (AvgIpc) is 2.68. The van der Waals surface area contributed by atoms with Crippen molar-refractivity contribution in [2.45, 2.75) is 6.92 Å². The van der Waals surface area contributed by atoms with Gasteiger partial charge < -0.3 is 10.5 Å². The lowest BCUT2D eigenvalue weighted by Crippen LogP contribution is -1.92. The molecular weight excluding hydrogens is 270 g/mol. The molecule has 0 aliphatic rings. The number of hydrogen-bond donors (Lipinski definition) is 2. The number of aromatic nitrogens is 2. The van der Waals surface area contributed by atoms with Gasteiger partial charge in [-0.25, -0.2) is 0 Å². The number of H-pyrrole nitrogens is 1. The van der Waals surface area contributed by atoms with Gasteiger partial charge in [0.15, 0.2) is 0 Å². The van der Waals surface area contributed by atoms with E-state index in [2.05, 4.69) is 26.1 Å². The Morgan fingerprint density at radius 1 is 1.44 bits per heavy atom. The van der Waals surface area contributed by atoms with Crippen LogP contribution >= 0.6 is 15.9 Å². The Balaban J connectivity index is 2.66. The number of methoxy groups -OCH3 is 1. The summed E-state index contributed by atoms with van der Waals surface area (Å²) in [7, 11) is 1.64. The number of rotatable bonds is 2. The number of aromatic amines is 1. The van der Waals surface area contributed by atoms with Crippen LogP contribution in [0.25, 0.3) is 11.3 Å². The van der Waals surface area contributed by atoms with Crippen molar-refractivity contribution in [2.75, 3.05) is 12.8 Å². The quantitative estimate of drug-likeness (QED) is 0.890. The highest BCUT2D eigenvalue weighted by Crippen LogP contribution is 2.36. The van der Waals surface area contributed by atoms with Crippen molar-refractivity contribution in [3.05, 3.63) is 28.2 Å². The van der Waals surface area contributed by atoms with Crippen molar-refractivity contribution in [2.24, 2.45) is 0 Å². The molecule has 0 saturated heterocycles. The first-order valence-corrected chi connectivity index (χ1v) is 5.57. The Bertz CT molecular complexity index is 522. The number of benzene rings is 1. The van der Waals surface area contributed by atoms with Crippen LogP contribution in [0.4, 0.5) is 5.82 Å². The maximum Gasteiger partial charge on any atom is 0.145 e. The maximum absolute atomic E-state index is 5.60. The highest BCUT2D eigenvalue weighted by atomic mass is 79.9. The van der Waals surface area contributed by atoms with Gasteiger partial charge in [0.25, 0.3) is 0 Å². The third-order valence-electron chi connectivity index (χ3n) is 2.45. The van der Waals surface area contributed by atoms with Gasteiger partial charge in [0.1, 0.15) is 11.6 Å². The van der Waals surface area contributed by atoms with Crippen molar-refractivity contribution in [1.29, 1.82) is 0 Å². The second-order valence-corrected chi connectivity index (χ2v) is 4.31. The zero-order chi connectivity index (χ0) is 11.7. The van der Waals surface area contributed by atoms with Crippen molar-refractivity contribution >= 4 is 21.7 Å². The fraction of sp³-hybridized carbons (Fsp3) is 0.182. The van der Waals surface area contributed by atoms with Crippen LogP contribution < -0.4 is 10.5 Å². The molecule has 0 aliphatic heterocycles. The second kappa shape index (κ2) is 4.17. The molecule has 0 amide bonds. The minimum absolute atomic E-state index is 0.469. The van der Waals surface area contributed by atoms with Gasteiger partial charge in [0.05, 0.1) is 12.8 Å². The van der Waals surface area contributed by atoms with E-state index in [4.69, 9.17) is 10.5 Å². The molecule has 0 saturated carbocycles. The molecule has 2 rings (SSSR count). The molecule has 3 N–H and O–H groups in total. The Labute approximate surface area is 102 Å². The van der Waals surface area contributed by atoms with Crippen molar-refractivity contribution < 1.29 is 4.74 Å². The number of nitrogens with two attached hydrogens (primary N) is 1. The Morgan fingerprint density at radius 3 is 2.75 bits per heavy atom. The zero-order valence-corrected chi connectivity index (χ0v) is 10.6. The van der Waals surface area contributed by atoms with Crippen LogP contribution in [0.15, 0.2) is 22.7 Å². The number of halogens is 1. The molecule has 1 aromatic carbocycles. The molecule has 0 spiro atoms. The van der Waals surface area contributed by atoms with Crippen LogP contribution in [0, 0.1) is 6.92 Å². The van der Waals surface area contributed by atoms with Gasteiger partial charge in [0.2, 0.25) is 0 Å². The van der Waals surface area contributed by atoms with Gasteiger partial charge in [-0.2, -0.15) is 5.10 Å². The van der Waals surface area contributed by atoms with E-state index in [0.29, 0.717) is 5.82 Å². The minimum Gasteiger partial charge on any atom is -0.496 e. The molecule has 0 aliphatic carbocycles. The predicted molar refractivity (Wildman–Crippen MR) is 67.4 cm³/mol. The molecule has 5 heteroatoms. The molecular formula is C11H12BrN3O. The molecule has 0 atom stereocenters. The lowest BCUT2D eigenvalue weighted by atomic mass is 10.0. The summed E-state index contributed by atoms with van der Waals surface area (Å²) in [5.74, 6) is 1.26. The fourth-order valence-corrected chi connectivity index (χ4v) is 1.96. The normalized spacial score (nSPS) is 10.4. The summed E-state index contributed by atoms with van der Waals surface area (Å²) >= 11 is 3.49. The molecule has 0 bridgehead atoms. The summed E-state index contributed by atoms with van der Waals surface area (Å²) in [6.07, 6.45) is 0. The van der Waals surface area contributed by atoms with Gasteiger partial charge in [-0.15, -0.1) is 0 Å². The number of nitrogen functional groups attached to an aromatic ring is 1. The third kappa shape index (κ3) is 1.78. The summed E-state index contributed by atoms with van der Waals surface area (Å²) in [5, 5.41) is 6.81. The van der Waals surface area contributed by atoms with E-state index in [9.17, 15) is 0 Å². The maximum atomic E-state index is 5.60. The van der Waals surface area contributed by atoms with E-state index in [-0.39, 0.29) is 0 Å².